The number of para-hydroxylation sites is 10. The molecule has 0 fully saturated rings. The van der Waals surface area contributed by atoms with Gasteiger partial charge < -0.3 is 42.8 Å². The van der Waals surface area contributed by atoms with Crippen LogP contribution in [0.2, 0.25) is 0 Å². The van der Waals surface area contributed by atoms with E-state index in [9.17, 15) is 0 Å². The molecule has 118 heavy (non-hydrogen) atoms. The van der Waals surface area contributed by atoms with Gasteiger partial charge in [0, 0.05) is 101 Å². The molecule has 0 spiro atoms. The fraction of sp³-hybridized carbons (Fsp3) is 0. The number of benzene rings is 17. The van der Waals surface area contributed by atoms with Crippen molar-refractivity contribution in [2.75, 3.05) is 19.6 Å². The SMILES string of the molecule is c1ccc(N(c2ccc(-c3ccc(N(c4ccccc4)c4ccc5c6c4c4c(c7ccccc7n4-c4ccccc4)n6-c4cc(N(c6ccccc6)c6ccccc6)cc6c4B5c4ccccc4O6)cc3)cc2)c2cc3c4c(c2)-n2c5c(ccc(N(c6ccccc6)c6ccccc6)c5c5sc6ccccc6c52)B4c2ccccc2O3)cc1. The molecule has 12 heteroatoms. The third kappa shape index (κ3) is 9.87. The summed E-state index contributed by atoms with van der Waals surface area (Å²) >= 11 is 1.88. The summed E-state index contributed by atoms with van der Waals surface area (Å²) in [4.78, 5) is 9.68. The normalized spacial score (nSPS) is 12.5. The predicted molar refractivity (Wildman–Crippen MR) is 494 cm³/mol. The van der Waals surface area contributed by atoms with E-state index in [1.807, 2.05) is 11.3 Å². The number of aromatic nitrogens is 3. The predicted octanol–water partition coefficient (Wildman–Crippen LogP) is 24.5. The molecule has 0 atom stereocenters. The minimum absolute atomic E-state index is 0.104. The van der Waals surface area contributed by atoms with Gasteiger partial charge in [0.25, 0.3) is 13.4 Å². The summed E-state index contributed by atoms with van der Waals surface area (Å²) in [5, 5.41) is 4.75. The average Bonchev–Trinajstić information content (AvgIpc) is 1.50. The van der Waals surface area contributed by atoms with Crippen molar-refractivity contribution in [1.29, 1.82) is 0 Å². The Kier molecular flexibility index (Phi) is 14.7. The van der Waals surface area contributed by atoms with Gasteiger partial charge in [-0.15, -0.1) is 11.3 Å². The number of nitrogens with zero attached hydrogens (tertiary/aromatic N) is 7. The minimum Gasteiger partial charge on any atom is -0.458 e. The number of hydrogen-bond acceptors (Lipinski definition) is 7. The summed E-state index contributed by atoms with van der Waals surface area (Å²) in [6.07, 6.45) is 0. The van der Waals surface area contributed by atoms with Crippen molar-refractivity contribution in [1.82, 2.24) is 13.7 Å². The van der Waals surface area contributed by atoms with Crippen LogP contribution in [0.25, 0.3) is 92.2 Å². The van der Waals surface area contributed by atoms with Crippen LogP contribution in [0.1, 0.15) is 0 Å². The number of rotatable bonds is 14. The fourth-order valence-electron chi connectivity index (χ4n) is 19.8. The first-order valence-corrected chi connectivity index (χ1v) is 41.2. The van der Waals surface area contributed by atoms with Gasteiger partial charge in [0.1, 0.15) is 23.0 Å². The monoisotopic (exact) mass is 1520 g/mol. The van der Waals surface area contributed by atoms with Crippen LogP contribution in [0.15, 0.2) is 406 Å². The van der Waals surface area contributed by atoms with Gasteiger partial charge >= 0.3 is 0 Å². The third-order valence-electron chi connectivity index (χ3n) is 24.6. The van der Waals surface area contributed by atoms with Crippen LogP contribution in [0, 0.1) is 0 Å². The van der Waals surface area contributed by atoms with E-state index in [1.54, 1.807) is 0 Å². The van der Waals surface area contributed by atoms with Crippen LogP contribution >= 0.6 is 11.3 Å². The van der Waals surface area contributed by atoms with Gasteiger partial charge in [-0.3, -0.25) is 0 Å². The molecule has 9 nitrogen and oxygen atoms in total. The molecule has 4 aromatic heterocycles. The van der Waals surface area contributed by atoms with Gasteiger partial charge in [0.05, 0.1) is 60.5 Å². The summed E-state index contributed by atoms with van der Waals surface area (Å²) in [6, 6.07) is 148. The highest BCUT2D eigenvalue weighted by Crippen LogP contribution is 2.54. The second-order valence-electron chi connectivity index (χ2n) is 31.0. The maximum atomic E-state index is 7.30. The molecule has 4 aliphatic heterocycles. The lowest BCUT2D eigenvalue weighted by Crippen LogP contribution is -2.58. The molecule has 0 unspecified atom stereocenters. The molecule has 21 aromatic rings. The Morgan fingerprint density at radius 2 is 0.619 bits per heavy atom. The highest BCUT2D eigenvalue weighted by atomic mass is 32.1. The zero-order valence-corrected chi connectivity index (χ0v) is 64.5. The molecule has 0 N–H and O–H groups in total. The van der Waals surface area contributed by atoms with Crippen molar-refractivity contribution in [3.8, 4) is 51.2 Å². The van der Waals surface area contributed by atoms with Gasteiger partial charge in [-0.1, -0.05) is 237 Å². The molecule has 8 heterocycles. The lowest BCUT2D eigenvalue weighted by atomic mass is 9.34. The zero-order valence-electron chi connectivity index (χ0n) is 63.7. The Labute approximate surface area is 685 Å². The van der Waals surface area contributed by atoms with Crippen molar-refractivity contribution in [3.05, 3.63) is 406 Å². The Bertz CT molecular complexity index is 7550. The standard InChI is InChI=1S/C106H67B2N7O2S/c1-8-30-70(31-9-1)109(71-32-10-2-11-33-71)79-64-90-99-94(66-79)116-92-49-27-24-46-83(92)107(99)85-60-62-88(97-103(85)114(90)101-81-44-22-26-48-87(81)113(105(97)101)76-42-20-7-21-43-76)112(75-40-18-6-19-41-75)78-58-54-69(55-59-78)68-52-56-77(57-53-68)110(72-34-12-3-13-35-72)80-65-91-100-95(67-80)117-93-50-28-25-47-84(93)108(100)86-61-63-89(111(73-36-14-4-15-37-73)74-38-16-5-17-39-74)98-104(86)115(91)102-82-45-23-29-51-96(82)118-106(98)102/h1-67H. The fourth-order valence-corrected chi connectivity index (χ4v) is 21.1. The second-order valence-corrected chi connectivity index (χ2v) is 32.0. The first-order valence-electron chi connectivity index (χ1n) is 40.4. The molecule has 0 aliphatic carbocycles. The van der Waals surface area contributed by atoms with Crippen LogP contribution in [-0.4, -0.2) is 27.1 Å². The molecule has 0 radical (unpaired) electrons. The van der Waals surface area contributed by atoms with Crippen LogP contribution in [-0.2, 0) is 0 Å². The van der Waals surface area contributed by atoms with Crippen molar-refractivity contribution >= 4 is 190 Å². The first-order chi connectivity index (χ1) is 58.6. The number of hydrogen-bond donors (Lipinski definition) is 0. The second kappa shape index (κ2) is 26.2. The van der Waals surface area contributed by atoms with Gasteiger partial charge in [0.15, 0.2) is 0 Å². The van der Waals surface area contributed by atoms with Crippen molar-refractivity contribution < 1.29 is 9.47 Å². The summed E-state index contributed by atoms with van der Waals surface area (Å²) < 4.78 is 24.8. The van der Waals surface area contributed by atoms with Gasteiger partial charge in [-0.05, 0) is 202 Å². The molecule has 17 aromatic carbocycles. The largest absolute Gasteiger partial charge is 0.458 e. The molecule has 550 valence electrons. The van der Waals surface area contributed by atoms with E-state index in [0.29, 0.717) is 0 Å². The number of thiophene rings is 1. The van der Waals surface area contributed by atoms with E-state index in [4.69, 9.17) is 9.47 Å². The minimum atomic E-state index is -0.152. The molecular formula is C106H67B2N7O2S. The summed E-state index contributed by atoms with van der Waals surface area (Å²) in [5.74, 6) is 3.41. The molecule has 0 saturated carbocycles. The molecule has 4 aliphatic rings. The Balaban J connectivity index is 0.655. The maximum absolute atomic E-state index is 7.30. The maximum Gasteiger partial charge on any atom is 0.256 e. The van der Waals surface area contributed by atoms with E-state index >= 15 is 0 Å². The Hall–Kier alpha value is -15.2. The van der Waals surface area contributed by atoms with Crippen LogP contribution in [0.5, 0.6) is 23.0 Å². The lowest BCUT2D eigenvalue weighted by Gasteiger charge is -2.36. The molecular weight excluding hydrogens is 1460 g/mol. The van der Waals surface area contributed by atoms with Gasteiger partial charge in [-0.25, -0.2) is 0 Å². The molecule has 25 rings (SSSR count). The van der Waals surface area contributed by atoms with Crippen molar-refractivity contribution in [2.24, 2.45) is 0 Å². The third-order valence-corrected chi connectivity index (χ3v) is 25.8. The van der Waals surface area contributed by atoms with E-state index in [2.05, 4.69) is 440 Å². The smallest absolute Gasteiger partial charge is 0.256 e. The molecule has 0 amide bonds. The topological polar surface area (TPSA) is 46.2 Å². The first kappa shape index (κ1) is 66.2. The van der Waals surface area contributed by atoms with Crippen LogP contribution in [0.3, 0.4) is 0 Å². The highest BCUT2D eigenvalue weighted by molar-refractivity contribution is 7.27. The molecule has 0 saturated heterocycles. The van der Waals surface area contributed by atoms with E-state index < -0.39 is 0 Å². The highest BCUT2D eigenvalue weighted by Gasteiger charge is 2.46. The van der Waals surface area contributed by atoms with Crippen molar-refractivity contribution in [2.45, 2.75) is 0 Å². The van der Waals surface area contributed by atoms with E-state index in [1.165, 1.54) is 42.1 Å². The number of ether oxygens (including phenoxy) is 2. The summed E-state index contributed by atoms with van der Waals surface area (Å²) in [7, 11) is 0. The average molecular weight is 1520 g/mol. The molecule has 0 bridgehead atoms. The Morgan fingerprint density at radius 1 is 0.246 bits per heavy atom. The quantitative estimate of drug-likeness (QED) is 0.101. The number of fused-ring (bicyclic) bond motifs is 18. The number of anilines is 12. The lowest BCUT2D eigenvalue weighted by molar-refractivity contribution is 0.487. The van der Waals surface area contributed by atoms with Gasteiger partial charge in [-0.2, -0.15) is 0 Å². The van der Waals surface area contributed by atoms with Gasteiger partial charge in [0.2, 0.25) is 0 Å². The van der Waals surface area contributed by atoms with E-state index in [-0.39, 0.29) is 13.4 Å². The van der Waals surface area contributed by atoms with E-state index in [0.717, 1.165) is 174 Å². The summed E-state index contributed by atoms with van der Waals surface area (Å²) in [6.45, 7) is -0.255. The summed E-state index contributed by atoms with van der Waals surface area (Å²) in [5.41, 5.74) is 32.1. The van der Waals surface area contributed by atoms with Crippen LogP contribution < -0.4 is 61.9 Å². The van der Waals surface area contributed by atoms with Crippen LogP contribution in [0.4, 0.5) is 68.2 Å². The Morgan fingerprint density at radius 3 is 1.10 bits per heavy atom. The van der Waals surface area contributed by atoms with Crippen molar-refractivity contribution in [3.63, 3.8) is 0 Å². The zero-order chi connectivity index (χ0) is 77.2.